The fourth-order valence-corrected chi connectivity index (χ4v) is 3.99. The highest BCUT2D eigenvalue weighted by molar-refractivity contribution is 5.85. The van der Waals surface area contributed by atoms with Gasteiger partial charge in [0.25, 0.3) is 0 Å². The van der Waals surface area contributed by atoms with Gasteiger partial charge in [-0.25, -0.2) is 9.59 Å². The van der Waals surface area contributed by atoms with Crippen LogP contribution in [0.1, 0.15) is 36.8 Å². The molecule has 2 amide bonds. The van der Waals surface area contributed by atoms with Gasteiger partial charge in [0.2, 0.25) is 5.91 Å². The monoisotopic (exact) mass is 498 g/mol. The van der Waals surface area contributed by atoms with E-state index in [1.54, 1.807) is 4.90 Å². The van der Waals surface area contributed by atoms with Gasteiger partial charge in [-0.15, -0.1) is 0 Å². The predicted molar refractivity (Wildman–Crippen MR) is 132 cm³/mol. The Morgan fingerprint density at radius 3 is 2.31 bits per heavy atom. The van der Waals surface area contributed by atoms with Crippen molar-refractivity contribution in [1.29, 1.82) is 0 Å². The lowest BCUT2D eigenvalue weighted by atomic mass is 9.95. The lowest BCUT2D eigenvalue weighted by Crippen LogP contribution is -2.48. The largest absolute Gasteiger partial charge is 0.494 e. The summed E-state index contributed by atoms with van der Waals surface area (Å²) >= 11 is 0. The molecule has 194 valence electrons. The first kappa shape index (κ1) is 27.0. The molecule has 2 aromatic carbocycles. The van der Waals surface area contributed by atoms with E-state index < -0.39 is 18.1 Å². The molecular formula is C27H34N2O7. The molecule has 0 bridgehead atoms. The number of nitrogens with zero attached hydrogens (tertiary/aromatic N) is 1. The molecule has 36 heavy (non-hydrogen) atoms. The van der Waals surface area contributed by atoms with Crippen molar-refractivity contribution < 1.29 is 34.1 Å². The van der Waals surface area contributed by atoms with Crippen LogP contribution in [0.15, 0.2) is 54.6 Å². The molecule has 9 heteroatoms. The third kappa shape index (κ3) is 8.57. The van der Waals surface area contributed by atoms with Gasteiger partial charge in [0.05, 0.1) is 6.61 Å². The van der Waals surface area contributed by atoms with Crippen LogP contribution < -0.4 is 10.1 Å². The van der Waals surface area contributed by atoms with E-state index in [4.69, 9.17) is 14.6 Å². The third-order valence-electron chi connectivity index (χ3n) is 6.13. The van der Waals surface area contributed by atoms with Gasteiger partial charge in [-0.1, -0.05) is 42.5 Å². The number of unbranched alkanes of at least 4 members (excludes halogenated alkanes) is 1. The van der Waals surface area contributed by atoms with Crippen molar-refractivity contribution in [2.75, 3.05) is 26.3 Å². The molecule has 9 nitrogen and oxygen atoms in total. The van der Waals surface area contributed by atoms with E-state index in [-0.39, 0.29) is 31.5 Å². The summed E-state index contributed by atoms with van der Waals surface area (Å²) in [6, 6.07) is 15.5. The number of ether oxygens (including phenoxy) is 2. The second kappa shape index (κ2) is 14.1. The number of nitrogens with one attached hydrogen (secondary N) is 1. The van der Waals surface area contributed by atoms with Gasteiger partial charge in [-0.05, 0) is 48.9 Å². The Bertz CT molecular complexity index is 973. The van der Waals surface area contributed by atoms with Crippen LogP contribution in [0.4, 0.5) is 4.79 Å². The summed E-state index contributed by atoms with van der Waals surface area (Å²) in [4.78, 5) is 38.4. The van der Waals surface area contributed by atoms with E-state index in [2.05, 4.69) is 5.32 Å². The molecule has 0 saturated carbocycles. The molecule has 1 unspecified atom stereocenters. The average molecular weight is 499 g/mol. The Balaban J connectivity index is 1.39. The molecule has 0 spiro atoms. The number of hydrogen-bond donors (Lipinski definition) is 3. The van der Waals surface area contributed by atoms with Gasteiger partial charge in [0, 0.05) is 32.0 Å². The number of carbonyl (C=O) groups is 3. The first-order chi connectivity index (χ1) is 17.5. The van der Waals surface area contributed by atoms with Crippen molar-refractivity contribution in [3.05, 3.63) is 65.7 Å². The molecule has 0 aromatic heterocycles. The van der Waals surface area contributed by atoms with Crippen LogP contribution in [0, 0.1) is 5.92 Å². The highest BCUT2D eigenvalue weighted by Crippen LogP contribution is 2.20. The second-order valence-corrected chi connectivity index (χ2v) is 8.83. The molecule has 1 saturated heterocycles. The number of rotatable bonds is 12. The SMILES string of the molecule is O=C(NC(Cc1ccccc1)C(=O)O)C1CCN(C(=O)OCc2ccc(OCCCCO)cc2)CC1. The first-order valence-electron chi connectivity index (χ1n) is 12.3. The number of likely N-dealkylation sites (tertiary alicyclic amines) is 1. The molecule has 1 heterocycles. The summed E-state index contributed by atoms with van der Waals surface area (Å²) < 4.78 is 11.0. The van der Waals surface area contributed by atoms with Crippen molar-refractivity contribution in [2.45, 2.75) is 44.8 Å². The van der Waals surface area contributed by atoms with Gasteiger partial charge < -0.3 is 29.9 Å². The highest BCUT2D eigenvalue weighted by atomic mass is 16.6. The number of hydrogen-bond acceptors (Lipinski definition) is 6. The van der Waals surface area contributed by atoms with Crippen LogP contribution in [-0.2, 0) is 27.4 Å². The lowest BCUT2D eigenvalue weighted by Gasteiger charge is -2.31. The minimum Gasteiger partial charge on any atom is -0.494 e. The summed E-state index contributed by atoms with van der Waals surface area (Å²) in [5.74, 6) is -1.01. The normalized spacial score (nSPS) is 14.6. The first-order valence-corrected chi connectivity index (χ1v) is 12.3. The quantitative estimate of drug-likeness (QED) is 0.384. The molecule has 1 atom stereocenters. The van der Waals surface area contributed by atoms with Crippen LogP contribution in [0.2, 0.25) is 0 Å². The molecular weight excluding hydrogens is 464 g/mol. The van der Waals surface area contributed by atoms with Gasteiger partial charge in [-0.2, -0.15) is 0 Å². The van der Waals surface area contributed by atoms with Gasteiger partial charge in [0.1, 0.15) is 18.4 Å². The molecule has 1 aliphatic heterocycles. The molecule has 0 radical (unpaired) electrons. The summed E-state index contributed by atoms with van der Waals surface area (Å²) in [5.41, 5.74) is 1.67. The number of piperidine rings is 1. The summed E-state index contributed by atoms with van der Waals surface area (Å²) in [6.45, 7) is 1.55. The Morgan fingerprint density at radius 2 is 1.67 bits per heavy atom. The second-order valence-electron chi connectivity index (χ2n) is 8.83. The summed E-state index contributed by atoms with van der Waals surface area (Å²) in [6.07, 6.45) is 2.15. The lowest BCUT2D eigenvalue weighted by molar-refractivity contribution is -0.142. The van der Waals surface area contributed by atoms with E-state index in [1.807, 2.05) is 54.6 Å². The molecule has 0 aliphatic carbocycles. The maximum absolute atomic E-state index is 12.7. The standard InChI is InChI=1S/C27H34N2O7/c30-16-4-5-17-35-23-10-8-21(9-11-23)19-36-27(34)29-14-12-22(13-15-29)25(31)28-24(26(32)33)18-20-6-2-1-3-7-20/h1-3,6-11,22,24,30H,4-5,12-19H2,(H,28,31)(H,32,33). The Labute approximate surface area is 211 Å². The fraction of sp³-hybridized carbons (Fsp3) is 0.444. The number of aliphatic hydroxyl groups excluding tert-OH is 1. The Hall–Kier alpha value is -3.59. The Morgan fingerprint density at radius 1 is 0.972 bits per heavy atom. The van der Waals surface area contributed by atoms with Crippen LogP contribution in [0.25, 0.3) is 0 Å². The van der Waals surface area contributed by atoms with Crippen LogP contribution in [0.5, 0.6) is 5.75 Å². The molecule has 2 aromatic rings. The van der Waals surface area contributed by atoms with E-state index in [0.29, 0.717) is 39.0 Å². The van der Waals surface area contributed by atoms with Crippen LogP contribution >= 0.6 is 0 Å². The summed E-state index contributed by atoms with van der Waals surface area (Å²) in [7, 11) is 0. The van der Waals surface area contributed by atoms with Crippen LogP contribution in [-0.4, -0.2) is 65.4 Å². The zero-order valence-electron chi connectivity index (χ0n) is 20.3. The number of carbonyl (C=O) groups excluding carboxylic acids is 2. The number of benzene rings is 2. The van der Waals surface area contributed by atoms with E-state index >= 15 is 0 Å². The number of carboxylic acid groups (broad SMARTS) is 1. The maximum Gasteiger partial charge on any atom is 0.410 e. The van der Waals surface area contributed by atoms with E-state index in [1.165, 1.54) is 0 Å². The highest BCUT2D eigenvalue weighted by Gasteiger charge is 2.30. The van der Waals surface area contributed by atoms with Gasteiger partial charge in [0.15, 0.2) is 0 Å². The van der Waals surface area contributed by atoms with Crippen molar-refractivity contribution in [2.24, 2.45) is 5.92 Å². The predicted octanol–water partition coefficient (Wildman–Crippen LogP) is 3.00. The Kier molecular flexibility index (Phi) is 10.6. The van der Waals surface area contributed by atoms with Crippen LogP contribution in [0.3, 0.4) is 0 Å². The molecule has 1 aliphatic rings. The third-order valence-corrected chi connectivity index (χ3v) is 6.13. The van der Waals surface area contributed by atoms with E-state index in [9.17, 15) is 19.5 Å². The molecule has 3 rings (SSSR count). The number of carboxylic acids is 1. The fourth-order valence-electron chi connectivity index (χ4n) is 3.99. The van der Waals surface area contributed by atoms with Crippen molar-refractivity contribution >= 4 is 18.0 Å². The molecule has 1 fully saturated rings. The zero-order chi connectivity index (χ0) is 25.8. The smallest absolute Gasteiger partial charge is 0.410 e. The average Bonchev–Trinajstić information content (AvgIpc) is 2.90. The molecule has 3 N–H and O–H groups in total. The number of aliphatic hydroxyl groups is 1. The topological polar surface area (TPSA) is 125 Å². The maximum atomic E-state index is 12.7. The summed E-state index contributed by atoms with van der Waals surface area (Å²) in [5, 5.41) is 21.0. The van der Waals surface area contributed by atoms with Gasteiger partial charge >= 0.3 is 12.1 Å². The minimum absolute atomic E-state index is 0.129. The zero-order valence-corrected chi connectivity index (χ0v) is 20.3. The van der Waals surface area contributed by atoms with Crippen molar-refractivity contribution in [1.82, 2.24) is 10.2 Å². The van der Waals surface area contributed by atoms with Crippen molar-refractivity contribution in [3.63, 3.8) is 0 Å². The van der Waals surface area contributed by atoms with E-state index in [0.717, 1.165) is 23.3 Å². The minimum atomic E-state index is -1.07. The number of aliphatic carboxylic acids is 1. The van der Waals surface area contributed by atoms with Crippen molar-refractivity contribution in [3.8, 4) is 5.75 Å². The van der Waals surface area contributed by atoms with Gasteiger partial charge in [-0.3, -0.25) is 4.79 Å². The number of amides is 2.